The molecule has 0 spiro atoms. The zero-order chi connectivity index (χ0) is 13.2. The smallest absolute Gasteiger partial charge is 0.251 e. The number of unbranched alkanes of at least 4 members (excludes halogenated alkanes) is 3. The molecule has 0 saturated carbocycles. The van der Waals surface area contributed by atoms with Gasteiger partial charge in [-0.25, -0.2) is 0 Å². The van der Waals surface area contributed by atoms with Gasteiger partial charge in [0.15, 0.2) is 0 Å². The maximum atomic E-state index is 11.8. The van der Waals surface area contributed by atoms with Crippen molar-refractivity contribution in [2.24, 2.45) is 0 Å². The number of carbonyl (C=O) groups is 1. The van der Waals surface area contributed by atoms with Gasteiger partial charge in [0.1, 0.15) is 5.75 Å². The fraction of sp³-hybridized carbons (Fsp3) is 0.500. The van der Waals surface area contributed by atoms with Crippen LogP contribution in [0.3, 0.4) is 0 Å². The molecule has 0 aliphatic heterocycles. The lowest BCUT2D eigenvalue weighted by molar-refractivity contribution is 0.0953. The Morgan fingerprint density at radius 1 is 1.17 bits per heavy atom. The molecule has 3 nitrogen and oxygen atoms in total. The van der Waals surface area contributed by atoms with E-state index in [-0.39, 0.29) is 5.91 Å². The monoisotopic (exact) mass is 269 g/mol. The number of amides is 1. The molecule has 1 amide bonds. The van der Waals surface area contributed by atoms with Crippen LogP contribution in [0.1, 0.15) is 36.0 Å². The van der Waals surface area contributed by atoms with Crippen LogP contribution in [-0.2, 0) is 0 Å². The van der Waals surface area contributed by atoms with Gasteiger partial charge >= 0.3 is 0 Å². The number of hydrogen-bond donors (Lipinski definition) is 1. The van der Waals surface area contributed by atoms with Gasteiger partial charge in [-0.2, -0.15) is 0 Å². The van der Waals surface area contributed by atoms with Gasteiger partial charge in [-0.05, 0) is 37.1 Å². The first-order chi connectivity index (χ1) is 8.77. The number of carbonyl (C=O) groups excluding carboxylic acids is 1. The molecule has 1 N–H and O–H groups in total. The highest BCUT2D eigenvalue weighted by Crippen LogP contribution is 2.11. The number of nitrogens with one attached hydrogen (secondary N) is 1. The Morgan fingerprint density at radius 2 is 1.83 bits per heavy atom. The van der Waals surface area contributed by atoms with E-state index in [4.69, 9.17) is 16.3 Å². The zero-order valence-corrected chi connectivity index (χ0v) is 11.5. The minimum Gasteiger partial charge on any atom is -0.497 e. The maximum absolute atomic E-state index is 11.8. The molecule has 0 unspecified atom stereocenters. The second kappa shape index (κ2) is 8.81. The van der Waals surface area contributed by atoms with Crippen molar-refractivity contribution in [3.63, 3.8) is 0 Å². The highest BCUT2D eigenvalue weighted by molar-refractivity contribution is 6.17. The summed E-state index contributed by atoms with van der Waals surface area (Å²) in [4.78, 5) is 11.8. The predicted molar refractivity (Wildman–Crippen MR) is 74.5 cm³/mol. The van der Waals surface area contributed by atoms with Gasteiger partial charge < -0.3 is 10.1 Å². The second-order valence-electron chi connectivity index (χ2n) is 4.09. The lowest BCUT2D eigenvalue weighted by Crippen LogP contribution is -2.24. The summed E-state index contributed by atoms with van der Waals surface area (Å²) in [5, 5.41) is 2.90. The summed E-state index contributed by atoms with van der Waals surface area (Å²) in [6, 6.07) is 7.11. The highest BCUT2D eigenvalue weighted by atomic mass is 35.5. The molecule has 1 rings (SSSR count). The Balaban J connectivity index is 2.23. The summed E-state index contributed by atoms with van der Waals surface area (Å²) >= 11 is 5.59. The van der Waals surface area contributed by atoms with Crippen LogP contribution in [0.2, 0.25) is 0 Å². The van der Waals surface area contributed by atoms with Crippen LogP contribution in [0, 0.1) is 0 Å². The third kappa shape index (κ3) is 5.41. The first-order valence-electron chi connectivity index (χ1n) is 6.26. The van der Waals surface area contributed by atoms with E-state index in [2.05, 4.69) is 5.32 Å². The summed E-state index contributed by atoms with van der Waals surface area (Å²) in [6.45, 7) is 0.715. The van der Waals surface area contributed by atoms with Gasteiger partial charge in [0, 0.05) is 18.0 Å². The number of alkyl halides is 1. The summed E-state index contributed by atoms with van der Waals surface area (Å²) in [6.07, 6.45) is 4.28. The topological polar surface area (TPSA) is 38.3 Å². The lowest BCUT2D eigenvalue weighted by Gasteiger charge is -2.06. The summed E-state index contributed by atoms with van der Waals surface area (Å²) < 4.78 is 5.04. The molecule has 0 saturated heterocycles. The van der Waals surface area contributed by atoms with Crippen LogP contribution >= 0.6 is 11.6 Å². The van der Waals surface area contributed by atoms with Crippen LogP contribution in [0.5, 0.6) is 5.75 Å². The molecule has 4 heteroatoms. The second-order valence-corrected chi connectivity index (χ2v) is 4.47. The van der Waals surface area contributed by atoms with Crippen molar-refractivity contribution in [1.29, 1.82) is 0 Å². The number of halogens is 1. The molecule has 0 fully saturated rings. The Bertz CT molecular complexity index is 351. The van der Waals surface area contributed by atoms with Crippen LogP contribution in [0.4, 0.5) is 0 Å². The minimum atomic E-state index is -0.0324. The van der Waals surface area contributed by atoms with Crippen LogP contribution in [0.15, 0.2) is 24.3 Å². The van der Waals surface area contributed by atoms with Crippen molar-refractivity contribution < 1.29 is 9.53 Å². The molecule has 0 heterocycles. The molecule has 0 aromatic heterocycles. The minimum absolute atomic E-state index is 0.0324. The molecule has 0 aliphatic rings. The van der Waals surface area contributed by atoms with E-state index in [9.17, 15) is 4.79 Å². The Kier molecular flexibility index (Phi) is 7.26. The maximum Gasteiger partial charge on any atom is 0.251 e. The van der Waals surface area contributed by atoms with Gasteiger partial charge in [-0.1, -0.05) is 12.8 Å². The Labute approximate surface area is 113 Å². The van der Waals surface area contributed by atoms with E-state index < -0.39 is 0 Å². The van der Waals surface area contributed by atoms with Gasteiger partial charge in [0.25, 0.3) is 5.91 Å². The largest absolute Gasteiger partial charge is 0.497 e. The lowest BCUT2D eigenvalue weighted by atomic mass is 10.2. The quantitative estimate of drug-likeness (QED) is 0.581. The summed E-state index contributed by atoms with van der Waals surface area (Å²) in [5.41, 5.74) is 0.663. The third-order valence-electron chi connectivity index (χ3n) is 2.70. The predicted octanol–water partition coefficient (Wildman–Crippen LogP) is 3.22. The highest BCUT2D eigenvalue weighted by Gasteiger charge is 2.04. The Hall–Kier alpha value is -1.22. The van der Waals surface area contributed by atoms with Crippen LogP contribution < -0.4 is 10.1 Å². The SMILES string of the molecule is COc1ccc(C(=O)NCCCCCCCl)cc1. The molecule has 1 aromatic carbocycles. The normalized spacial score (nSPS) is 10.1. The Morgan fingerprint density at radius 3 is 2.44 bits per heavy atom. The molecule has 1 aromatic rings. The van der Waals surface area contributed by atoms with Crippen LogP contribution in [0.25, 0.3) is 0 Å². The standard InChI is InChI=1S/C14H20ClNO2/c1-18-13-8-6-12(7-9-13)14(17)16-11-5-3-2-4-10-15/h6-9H,2-5,10-11H2,1H3,(H,16,17). The fourth-order valence-electron chi connectivity index (χ4n) is 1.62. The number of rotatable bonds is 8. The van der Waals surface area contributed by atoms with Gasteiger partial charge in [-0.15, -0.1) is 11.6 Å². The number of ether oxygens (including phenoxy) is 1. The van der Waals surface area contributed by atoms with Crippen molar-refractivity contribution in [1.82, 2.24) is 5.32 Å². The fourth-order valence-corrected chi connectivity index (χ4v) is 1.81. The van der Waals surface area contributed by atoms with E-state index in [1.165, 1.54) is 0 Å². The van der Waals surface area contributed by atoms with Gasteiger partial charge in [0.2, 0.25) is 0 Å². The molecule has 0 aliphatic carbocycles. The molecular weight excluding hydrogens is 250 g/mol. The van der Waals surface area contributed by atoms with E-state index >= 15 is 0 Å². The van der Waals surface area contributed by atoms with Crippen molar-refractivity contribution >= 4 is 17.5 Å². The van der Waals surface area contributed by atoms with Gasteiger partial charge in [0.05, 0.1) is 7.11 Å². The first kappa shape index (κ1) is 14.8. The van der Waals surface area contributed by atoms with Crippen LogP contribution in [-0.4, -0.2) is 25.4 Å². The zero-order valence-electron chi connectivity index (χ0n) is 10.7. The molecule has 0 radical (unpaired) electrons. The van der Waals surface area contributed by atoms with Crippen molar-refractivity contribution in [2.75, 3.05) is 19.5 Å². The van der Waals surface area contributed by atoms with E-state index in [1.54, 1.807) is 31.4 Å². The van der Waals surface area contributed by atoms with E-state index in [0.717, 1.165) is 37.3 Å². The van der Waals surface area contributed by atoms with E-state index in [0.29, 0.717) is 12.1 Å². The number of hydrogen-bond acceptors (Lipinski definition) is 2. The molecular formula is C14H20ClNO2. The third-order valence-corrected chi connectivity index (χ3v) is 2.97. The molecule has 0 bridgehead atoms. The van der Waals surface area contributed by atoms with Crippen molar-refractivity contribution in [2.45, 2.75) is 25.7 Å². The number of methoxy groups -OCH3 is 1. The van der Waals surface area contributed by atoms with Crippen molar-refractivity contribution in [3.8, 4) is 5.75 Å². The molecule has 0 atom stereocenters. The van der Waals surface area contributed by atoms with Crippen molar-refractivity contribution in [3.05, 3.63) is 29.8 Å². The van der Waals surface area contributed by atoms with E-state index in [1.807, 2.05) is 0 Å². The first-order valence-corrected chi connectivity index (χ1v) is 6.79. The van der Waals surface area contributed by atoms with Gasteiger partial charge in [-0.3, -0.25) is 4.79 Å². The number of benzene rings is 1. The molecule has 100 valence electrons. The summed E-state index contributed by atoms with van der Waals surface area (Å²) in [7, 11) is 1.61. The average Bonchev–Trinajstić information content (AvgIpc) is 2.42. The molecule has 18 heavy (non-hydrogen) atoms. The summed E-state index contributed by atoms with van der Waals surface area (Å²) in [5.74, 6) is 1.45. The average molecular weight is 270 g/mol.